The SMILES string of the molecule is CC(C)C[C@H](C(=O)OCC(=O)Nc1cccc([N+](=O)[O-])c1)N1C(=O)c2c(Cl)c(Cl)c(Cl)c(Cl)c2C1=O. The lowest BCUT2D eigenvalue weighted by Gasteiger charge is -2.25. The zero-order chi connectivity index (χ0) is 26.9. The smallest absolute Gasteiger partial charge is 0.329 e. The summed E-state index contributed by atoms with van der Waals surface area (Å²) < 4.78 is 5.08. The third-order valence-electron chi connectivity index (χ3n) is 5.10. The minimum absolute atomic E-state index is 0.00744. The first-order valence-corrected chi connectivity index (χ1v) is 11.8. The minimum Gasteiger partial charge on any atom is -0.454 e. The first-order chi connectivity index (χ1) is 16.8. The van der Waals surface area contributed by atoms with Crippen molar-refractivity contribution in [3.8, 4) is 0 Å². The fraction of sp³-hybridized carbons (Fsp3) is 0.273. The van der Waals surface area contributed by atoms with Crippen molar-refractivity contribution in [1.29, 1.82) is 0 Å². The molecule has 0 saturated heterocycles. The Morgan fingerprint density at radius 3 is 2.08 bits per heavy atom. The summed E-state index contributed by atoms with van der Waals surface area (Å²) in [6, 6.07) is 3.75. The monoisotopic (exact) mass is 575 g/mol. The average Bonchev–Trinajstić information content (AvgIpc) is 3.08. The molecule has 10 nitrogen and oxygen atoms in total. The number of nitrogens with zero attached hydrogens (tertiary/aromatic N) is 2. The highest BCUT2D eigenvalue weighted by Gasteiger charge is 2.47. The number of halogens is 4. The summed E-state index contributed by atoms with van der Waals surface area (Å²) in [6.07, 6.45) is 0.00744. The van der Waals surface area contributed by atoms with Crippen LogP contribution in [0.5, 0.6) is 0 Å². The maximum absolute atomic E-state index is 13.2. The molecule has 0 aromatic heterocycles. The van der Waals surface area contributed by atoms with Gasteiger partial charge in [-0.1, -0.05) is 66.3 Å². The molecule has 1 N–H and O–H groups in total. The van der Waals surface area contributed by atoms with Crippen molar-refractivity contribution >= 4 is 81.5 Å². The molecule has 0 saturated carbocycles. The highest BCUT2D eigenvalue weighted by Crippen LogP contribution is 2.45. The van der Waals surface area contributed by atoms with Crippen molar-refractivity contribution in [3.63, 3.8) is 0 Å². The molecule has 3 amide bonds. The summed E-state index contributed by atoms with van der Waals surface area (Å²) in [5.74, 6) is -3.83. The van der Waals surface area contributed by atoms with Crippen LogP contribution >= 0.6 is 46.4 Å². The molecule has 0 radical (unpaired) electrons. The Kier molecular flexibility index (Phi) is 8.45. The largest absolute Gasteiger partial charge is 0.454 e. The number of esters is 1. The Bertz CT molecular complexity index is 1250. The van der Waals surface area contributed by atoms with Crippen molar-refractivity contribution < 1.29 is 28.8 Å². The van der Waals surface area contributed by atoms with Gasteiger partial charge in [0.2, 0.25) is 0 Å². The summed E-state index contributed by atoms with van der Waals surface area (Å²) in [4.78, 5) is 62.5. The van der Waals surface area contributed by atoms with Gasteiger partial charge < -0.3 is 10.1 Å². The van der Waals surface area contributed by atoms with Crippen LogP contribution in [0.1, 0.15) is 41.0 Å². The molecule has 0 spiro atoms. The summed E-state index contributed by atoms with van der Waals surface area (Å²) in [6.45, 7) is 2.72. The number of nitrogens with one attached hydrogen (secondary N) is 1. The summed E-state index contributed by atoms with van der Waals surface area (Å²) in [5.41, 5.74) is -0.704. The van der Waals surface area contributed by atoms with E-state index >= 15 is 0 Å². The third-order valence-corrected chi connectivity index (χ3v) is 6.90. The van der Waals surface area contributed by atoms with E-state index in [1.54, 1.807) is 13.8 Å². The second-order valence-electron chi connectivity index (χ2n) is 8.09. The molecule has 2 aromatic rings. The zero-order valence-electron chi connectivity index (χ0n) is 18.6. The molecule has 36 heavy (non-hydrogen) atoms. The molecule has 2 aromatic carbocycles. The predicted octanol–water partition coefficient (Wildman–Crippen LogP) is 5.40. The average molecular weight is 577 g/mol. The number of nitro groups is 1. The van der Waals surface area contributed by atoms with Crippen LogP contribution in [-0.4, -0.2) is 46.2 Å². The Balaban J connectivity index is 1.80. The van der Waals surface area contributed by atoms with Crippen LogP contribution in [0.3, 0.4) is 0 Å². The minimum atomic E-state index is -1.41. The van der Waals surface area contributed by atoms with Crippen LogP contribution in [0, 0.1) is 16.0 Å². The predicted molar refractivity (Wildman–Crippen MR) is 133 cm³/mol. The standard InChI is InChI=1S/C22H17Cl4N3O7/c1-9(2)6-12(22(33)36-8-13(30)27-10-4-3-5-11(7-10)29(34)35)28-20(31)14-15(21(28)32)17(24)19(26)18(25)16(14)23/h3-5,7,9,12H,6,8H2,1-2H3,(H,27,30)/t12-/m1/s1. The van der Waals surface area contributed by atoms with Gasteiger partial charge in [-0.3, -0.25) is 29.4 Å². The Morgan fingerprint density at radius 2 is 1.58 bits per heavy atom. The number of rotatable bonds is 8. The van der Waals surface area contributed by atoms with E-state index in [1.165, 1.54) is 18.2 Å². The molecule has 0 aliphatic carbocycles. The van der Waals surface area contributed by atoms with Crippen molar-refractivity contribution in [2.45, 2.75) is 26.3 Å². The molecular formula is C22H17Cl4N3O7. The second-order valence-corrected chi connectivity index (χ2v) is 9.61. The van der Waals surface area contributed by atoms with Crippen LogP contribution in [0.4, 0.5) is 11.4 Å². The van der Waals surface area contributed by atoms with Crippen molar-refractivity contribution in [3.05, 3.63) is 65.6 Å². The van der Waals surface area contributed by atoms with Gasteiger partial charge in [-0.25, -0.2) is 4.79 Å². The zero-order valence-corrected chi connectivity index (χ0v) is 21.7. The molecule has 1 aliphatic heterocycles. The van der Waals surface area contributed by atoms with Crippen LogP contribution in [0.2, 0.25) is 20.1 Å². The molecular weight excluding hydrogens is 560 g/mol. The first-order valence-electron chi connectivity index (χ1n) is 10.3. The fourth-order valence-electron chi connectivity index (χ4n) is 3.53. The topological polar surface area (TPSA) is 136 Å². The van der Waals surface area contributed by atoms with Gasteiger partial charge in [0.05, 0.1) is 36.1 Å². The quantitative estimate of drug-likeness (QED) is 0.111. The van der Waals surface area contributed by atoms with E-state index in [0.717, 1.165) is 6.07 Å². The number of anilines is 1. The van der Waals surface area contributed by atoms with Gasteiger partial charge in [-0.2, -0.15) is 0 Å². The maximum atomic E-state index is 13.2. The number of carbonyl (C=O) groups excluding carboxylic acids is 4. The van der Waals surface area contributed by atoms with Crippen LogP contribution < -0.4 is 5.32 Å². The van der Waals surface area contributed by atoms with Crippen LogP contribution in [0.25, 0.3) is 0 Å². The van der Waals surface area contributed by atoms with Crippen LogP contribution in [-0.2, 0) is 14.3 Å². The van der Waals surface area contributed by atoms with E-state index in [9.17, 15) is 29.3 Å². The molecule has 0 fully saturated rings. The van der Waals surface area contributed by atoms with Crippen molar-refractivity contribution in [1.82, 2.24) is 4.90 Å². The number of carbonyl (C=O) groups is 4. The molecule has 0 bridgehead atoms. The maximum Gasteiger partial charge on any atom is 0.329 e. The van der Waals surface area contributed by atoms with Crippen molar-refractivity contribution in [2.75, 3.05) is 11.9 Å². The highest BCUT2D eigenvalue weighted by molar-refractivity contribution is 6.55. The number of fused-ring (bicyclic) bond motifs is 1. The number of non-ortho nitro benzene ring substituents is 1. The highest BCUT2D eigenvalue weighted by atomic mass is 35.5. The van der Waals surface area contributed by atoms with Gasteiger partial charge in [-0.05, 0) is 18.4 Å². The Labute approximate surface area is 224 Å². The van der Waals surface area contributed by atoms with Gasteiger partial charge >= 0.3 is 5.97 Å². The fourth-order valence-corrected chi connectivity index (χ4v) is 4.54. The third kappa shape index (κ3) is 5.41. The molecule has 1 atom stereocenters. The first kappa shape index (κ1) is 27.7. The molecule has 0 unspecified atom stereocenters. The van der Waals surface area contributed by atoms with Gasteiger partial charge in [0.1, 0.15) is 6.04 Å². The lowest BCUT2D eigenvalue weighted by Crippen LogP contribution is -2.47. The molecule has 1 heterocycles. The number of hydrogen-bond acceptors (Lipinski definition) is 7. The summed E-state index contributed by atoms with van der Waals surface area (Å²) in [5, 5.41) is 12.3. The Hall–Kier alpha value is -2.92. The van der Waals surface area contributed by atoms with Crippen molar-refractivity contribution in [2.24, 2.45) is 5.92 Å². The normalized spacial score (nSPS) is 13.6. The summed E-state index contributed by atoms with van der Waals surface area (Å²) in [7, 11) is 0. The van der Waals surface area contributed by atoms with E-state index in [4.69, 9.17) is 51.1 Å². The number of nitro benzene ring substituents is 1. The second kappa shape index (κ2) is 11.0. The van der Waals surface area contributed by atoms with E-state index in [2.05, 4.69) is 5.32 Å². The van der Waals surface area contributed by atoms with E-state index in [1.807, 2.05) is 0 Å². The van der Waals surface area contributed by atoms with Gasteiger partial charge in [0.25, 0.3) is 23.4 Å². The molecule has 1 aliphatic rings. The van der Waals surface area contributed by atoms with E-state index in [0.29, 0.717) is 4.90 Å². The van der Waals surface area contributed by atoms with E-state index < -0.39 is 41.3 Å². The molecule has 190 valence electrons. The number of amides is 3. The molecule has 14 heteroatoms. The number of benzene rings is 2. The van der Waals surface area contributed by atoms with Crippen LogP contribution in [0.15, 0.2) is 24.3 Å². The summed E-state index contributed by atoms with van der Waals surface area (Å²) >= 11 is 24.4. The lowest BCUT2D eigenvalue weighted by atomic mass is 10.0. The van der Waals surface area contributed by atoms with Gasteiger partial charge in [-0.15, -0.1) is 0 Å². The van der Waals surface area contributed by atoms with Gasteiger partial charge in [0.15, 0.2) is 6.61 Å². The number of imide groups is 1. The number of hydrogen-bond donors (Lipinski definition) is 1. The Morgan fingerprint density at radius 1 is 1.03 bits per heavy atom. The van der Waals surface area contributed by atoms with Gasteiger partial charge in [0, 0.05) is 17.8 Å². The lowest BCUT2D eigenvalue weighted by molar-refractivity contribution is -0.384. The molecule has 3 rings (SSSR count). The number of ether oxygens (including phenoxy) is 1. The van der Waals surface area contributed by atoms with E-state index in [-0.39, 0.29) is 54.9 Å².